The first kappa shape index (κ1) is 12.3. The van der Waals surface area contributed by atoms with Crippen molar-refractivity contribution in [3.63, 3.8) is 0 Å². The van der Waals surface area contributed by atoms with Crippen LogP contribution in [0.4, 0.5) is 5.69 Å². The molecule has 0 saturated carbocycles. The van der Waals surface area contributed by atoms with E-state index in [2.05, 4.69) is 30.2 Å². The summed E-state index contributed by atoms with van der Waals surface area (Å²) >= 11 is 0. The zero-order chi connectivity index (χ0) is 12.1. The lowest BCUT2D eigenvalue weighted by atomic mass is 10.1. The van der Waals surface area contributed by atoms with Crippen molar-refractivity contribution < 1.29 is 10.9 Å². The van der Waals surface area contributed by atoms with Gasteiger partial charge in [0.2, 0.25) is 0 Å². The number of nitrogens with one attached hydrogen (secondary N) is 1. The maximum atomic E-state index is 5.57. The molecule has 4 nitrogen and oxygen atoms in total. The van der Waals surface area contributed by atoms with E-state index in [9.17, 15) is 0 Å². The van der Waals surface area contributed by atoms with E-state index in [-0.39, 0.29) is 7.53 Å². The van der Waals surface area contributed by atoms with Gasteiger partial charge in [-0.2, -0.15) is 0 Å². The average Bonchev–Trinajstić information content (AvgIpc) is 2.38. The molecular weight excluding hydrogens is 216 g/mol. The van der Waals surface area contributed by atoms with Gasteiger partial charge in [0.15, 0.2) is 0 Å². The summed E-state index contributed by atoms with van der Waals surface area (Å²) in [5, 5.41) is 3.34. The molecule has 96 valence electrons. The van der Waals surface area contributed by atoms with Crippen LogP contribution in [-0.4, -0.2) is 37.5 Å². The Morgan fingerprint density at radius 1 is 1.47 bits per heavy atom. The molecule has 1 fully saturated rings. The summed E-state index contributed by atoms with van der Waals surface area (Å²) in [5.41, 5.74) is 2.29. The first-order valence-electron chi connectivity index (χ1n) is 6.14. The molecule has 1 N–H and O–H groups in total. The summed E-state index contributed by atoms with van der Waals surface area (Å²) in [7, 11) is 0. The molecular formula is C13H22N2O2. The van der Waals surface area contributed by atoms with Crippen LogP contribution in [0.3, 0.4) is 0 Å². The molecule has 2 rings (SSSR count). The monoisotopic (exact) mass is 238 g/mol. The highest BCUT2D eigenvalue weighted by molar-refractivity contribution is 5.43. The number of hydrogen-bond donors (Lipinski definition) is 1. The van der Waals surface area contributed by atoms with Crippen LogP contribution >= 0.6 is 0 Å². The zero-order valence-corrected chi connectivity index (χ0v) is 10.5. The zero-order valence-electron chi connectivity index (χ0n) is 10.5. The molecule has 1 aromatic rings. The highest BCUT2D eigenvalue weighted by Gasteiger charge is 2.13. The topological polar surface area (TPSA) is 43.4 Å². The van der Waals surface area contributed by atoms with Crippen molar-refractivity contribution in [1.82, 2.24) is 4.98 Å². The number of anilines is 1. The number of hydrogen-bond acceptors (Lipinski definition) is 4. The van der Waals surface area contributed by atoms with E-state index >= 15 is 0 Å². The molecule has 0 aliphatic carbocycles. The SMILES string of the molecule is CC(C)c1cncc(NCC2COCCO2)c1.[HH]. The lowest BCUT2D eigenvalue weighted by molar-refractivity contribution is -0.0818. The van der Waals surface area contributed by atoms with Crippen LogP contribution in [-0.2, 0) is 9.47 Å². The van der Waals surface area contributed by atoms with Gasteiger partial charge in [-0.25, -0.2) is 0 Å². The standard InChI is InChI=1S/C13H20N2O2.H2/c1-10(2)11-5-12(7-14-6-11)15-8-13-9-16-3-4-17-13;/h5-7,10,13,15H,3-4,8-9H2,1-2H3;1H. The Morgan fingerprint density at radius 2 is 2.35 bits per heavy atom. The molecule has 1 saturated heterocycles. The van der Waals surface area contributed by atoms with Crippen molar-refractivity contribution in [1.29, 1.82) is 0 Å². The Bertz CT molecular complexity index is 355. The number of aromatic nitrogens is 1. The second-order valence-electron chi connectivity index (χ2n) is 4.61. The van der Waals surface area contributed by atoms with Crippen LogP contribution in [0.5, 0.6) is 0 Å². The number of rotatable bonds is 4. The molecule has 0 aromatic carbocycles. The van der Waals surface area contributed by atoms with E-state index in [1.807, 2.05) is 12.4 Å². The van der Waals surface area contributed by atoms with Crippen molar-refractivity contribution in [2.24, 2.45) is 0 Å². The Morgan fingerprint density at radius 3 is 3.06 bits per heavy atom. The Labute approximate surface area is 104 Å². The van der Waals surface area contributed by atoms with Gasteiger partial charge in [-0.1, -0.05) is 13.8 Å². The van der Waals surface area contributed by atoms with E-state index < -0.39 is 0 Å². The van der Waals surface area contributed by atoms with Gasteiger partial charge in [-0.3, -0.25) is 4.98 Å². The fourth-order valence-electron chi connectivity index (χ4n) is 1.76. The van der Waals surface area contributed by atoms with E-state index in [1.54, 1.807) is 0 Å². The fraction of sp³-hybridized carbons (Fsp3) is 0.615. The summed E-state index contributed by atoms with van der Waals surface area (Å²) < 4.78 is 10.9. The second kappa shape index (κ2) is 5.98. The van der Waals surface area contributed by atoms with Gasteiger partial charge in [0.1, 0.15) is 0 Å². The number of nitrogens with zero attached hydrogens (tertiary/aromatic N) is 1. The van der Waals surface area contributed by atoms with Gasteiger partial charge in [0.05, 0.1) is 31.6 Å². The lowest BCUT2D eigenvalue weighted by Gasteiger charge is -2.23. The summed E-state index contributed by atoms with van der Waals surface area (Å²) in [5.74, 6) is 0.499. The van der Waals surface area contributed by atoms with Gasteiger partial charge in [-0.05, 0) is 17.5 Å². The molecule has 1 aliphatic rings. The first-order chi connectivity index (χ1) is 8.25. The van der Waals surface area contributed by atoms with Gasteiger partial charge in [0, 0.05) is 20.4 Å². The minimum atomic E-state index is 0. The van der Waals surface area contributed by atoms with Crippen LogP contribution in [0.25, 0.3) is 0 Å². The Hall–Kier alpha value is -1.13. The van der Waals surface area contributed by atoms with Crippen LogP contribution in [0.15, 0.2) is 18.5 Å². The summed E-state index contributed by atoms with van der Waals surface area (Å²) in [6.45, 7) is 7.17. The highest BCUT2D eigenvalue weighted by Crippen LogP contribution is 2.17. The maximum Gasteiger partial charge on any atom is 0.0981 e. The van der Waals surface area contributed by atoms with Gasteiger partial charge in [0.25, 0.3) is 0 Å². The van der Waals surface area contributed by atoms with Crippen molar-refractivity contribution in [2.75, 3.05) is 31.7 Å². The van der Waals surface area contributed by atoms with Crippen molar-refractivity contribution in [3.05, 3.63) is 24.0 Å². The molecule has 4 heteroatoms. The van der Waals surface area contributed by atoms with Gasteiger partial charge in [-0.15, -0.1) is 0 Å². The third kappa shape index (κ3) is 3.68. The largest absolute Gasteiger partial charge is 0.381 e. The van der Waals surface area contributed by atoms with E-state index in [1.165, 1.54) is 5.56 Å². The number of ether oxygens (including phenoxy) is 2. The predicted molar refractivity (Wildman–Crippen MR) is 69.5 cm³/mol. The maximum absolute atomic E-state index is 5.57. The van der Waals surface area contributed by atoms with Gasteiger partial charge < -0.3 is 14.8 Å². The molecule has 1 unspecified atom stereocenters. The normalized spacial score (nSPS) is 20.5. The minimum absolute atomic E-state index is 0. The molecule has 1 atom stereocenters. The third-order valence-electron chi connectivity index (χ3n) is 2.84. The quantitative estimate of drug-likeness (QED) is 0.874. The molecule has 1 aromatic heterocycles. The highest BCUT2D eigenvalue weighted by atomic mass is 16.6. The van der Waals surface area contributed by atoms with Crippen LogP contribution in [0, 0.1) is 0 Å². The summed E-state index contributed by atoms with van der Waals surface area (Å²) in [6.07, 6.45) is 3.90. The van der Waals surface area contributed by atoms with Crippen molar-refractivity contribution in [3.8, 4) is 0 Å². The average molecular weight is 238 g/mol. The first-order valence-corrected chi connectivity index (χ1v) is 6.14. The molecule has 0 amide bonds. The third-order valence-corrected chi connectivity index (χ3v) is 2.84. The smallest absolute Gasteiger partial charge is 0.0981 e. The van der Waals surface area contributed by atoms with Gasteiger partial charge >= 0.3 is 0 Å². The van der Waals surface area contributed by atoms with E-state index in [4.69, 9.17) is 9.47 Å². The van der Waals surface area contributed by atoms with Crippen molar-refractivity contribution >= 4 is 5.69 Å². The summed E-state index contributed by atoms with van der Waals surface area (Å²) in [6, 6.07) is 2.14. The molecule has 0 spiro atoms. The van der Waals surface area contributed by atoms with Crippen LogP contribution in [0.1, 0.15) is 26.8 Å². The molecule has 0 radical (unpaired) electrons. The molecule has 1 aliphatic heterocycles. The molecule has 17 heavy (non-hydrogen) atoms. The molecule has 0 bridgehead atoms. The molecule has 2 heterocycles. The Balaban J connectivity index is 0.00000162. The second-order valence-corrected chi connectivity index (χ2v) is 4.61. The minimum Gasteiger partial charge on any atom is -0.381 e. The lowest BCUT2D eigenvalue weighted by Crippen LogP contribution is -2.34. The fourth-order valence-corrected chi connectivity index (χ4v) is 1.76. The van der Waals surface area contributed by atoms with Crippen LogP contribution in [0.2, 0.25) is 0 Å². The Kier molecular flexibility index (Phi) is 4.34. The number of pyridine rings is 1. The van der Waals surface area contributed by atoms with Crippen LogP contribution < -0.4 is 5.32 Å². The van der Waals surface area contributed by atoms with Crippen molar-refractivity contribution in [2.45, 2.75) is 25.9 Å². The van der Waals surface area contributed by atoms with E-state index in [0.717, 1.165) is 12.2 Å². The predicted octanol–water partition coefficient (Wildman–Crippen LogP) is 2.28. The summed E-state index contributed by atoms with van der Waals surface area (Å²) in [4.78, 5) is 4.24. The van der Waals surface area contributed by atoms with E-state index in [0.29, 0.717) is 25.7 Å².